The molecular formula is C9H9F2NO. The number of amides is 1. The van der Waals surface area contributed by atoms with E-state index in [0.29, 0.717) is 5.56 Å². The highest BCUT2D eigenvalue weighted by atomic mass is 19.1. The van der Waals surface area contributed by atoms with E-state index >= 15 is 0 Å². The zero-order valence-corrected chi connectivity index (χ0v) is 6.89. The first kappa shape index (κ1) is 9.64. The van der Waals surface area contributed by atoms with Crippen LogP contribution in [0.5, 0.6) is 0 Å². The highest BCUT2D eigenvalue weighted by Gasteiger charge is 2.08. The van der Waals surface area contributed by atoms with Gasteiger partial charge in [-0.05, 0) is 23.3 Å². The van der Waals surface area contributed by atoms with Crippen LogP contribution in [0.3, 0.4) is 0 Å². The second kappa shape index (κ2) is 3.98. The van der Waals surface area contributed by atoms with Gasteiger partial charge in [0.2, 0.25) is 5.91 Å². The topological polar surface area (TPSA) is 43.1 Å². The second-order valence-corrected chi connectivity index (χ2v) is 2.62. The van der Waals surface area contributed by atoms with Crippen molar-refractivity contribution in [3.8, 4) is 0 Å². The molecule has 1 aromatic carbocycles. The van der Waals surface area contributed by atoms with E-state index in [-0.39, 0.29) is 11.1 Å². The van der Waals surface area contributed by atoms with Gasteiger partial charge < -0.3 is 5.73 Å². The molecule has 1 amide bonds. The minimum Gasteiger partial charge on any atom is -0.366 e. The van der Waals surface area contributed by atoms with Gasteiger partial charge in [0.15, 0.2) is 0 Å². The Balaban J connectivity index is 3.15. The zero-order chi connectivity index (χ0) is 9.84. The molecule has 0 saturated carbocycles. The van der Waals surface area contributed by atoms with Crippen LogP contribution in [0.4, 0.5) is 8.78 Å². The van der Waals surface area contributed by atoms with E-state index in [1.54, 1.807) is 0 Å². The van der Waals surface area contributed by atoms with Crippen LogP contribution in [-0.2, 0) is 13.3 Å². The Morgan fingerprint density at radius 1 is 1.31 bits per heavy atom. The number of nitrogens with two attached hydrogens (primary N) is 1. The van der Waals surface area contributed by atoms with Crippen molar-refractivity contribution in [2.75, 3.05) is 0 Å². The first-order valence-corrected chi connectivity index (χ1v) is 3.72. The third-order valence-corrected chi connectivity index (χ3v) is 1.73. The third-order valence-electron chi connectivity index (χ3n) is 1.73. The standard InChI is InChI=1S/C9H9F2NO/c10-4-6-1-2-8(9(12)13)7(3-6)5-11/h1-3H,4-5H2,(H2,12,13). The Hall–Kier alpha value is -1.45. The molecule has 0 spiro atoms. The summed E-state index contributed by atoms with van der Waals surface area (Å²) in [4.78, 5) is 10.7. The lowest BCUT2D eigenvalue weighted by Crippen LogP contribution is -2.13. The molecule has 0 aliphatic carbocycles. The van der Waals surface area contributed by atoms with Crippen molar-refractivity contribution < 1.29 is 13.6 Å². The number of alkyl halides is 2. The fourth-order valence-corrected chi connectivity index (χ4v) is 1.08. The average molecular weight is 185 g/mol. The Kier molecular flexibility index (Phi) is 2.95. The van der Waals surface area contributed by atoms with E-state index < -0.39 is 19.3 Å². The molecule has 0 saturated heterocycles. The molecule has 0 radical (unpaired) electrons. The minimum absolute atomic E-state index is 0.111. The smallest absolute Gasteiger partial charge is 0.249 e. The number of halogens is 2. The van der Waals surface area contributed by atoms with Gasteiger partial charge in [-0.15, -0.1) is 0 Å². The SMILES string of the molecule is NC(=O)c1ccc(CF)cc1CF. The van der Waals surface area contributed by atoms with Crippen molar-refractivity contribution in [3.05, 3.63) is 34.9 Å². The maximum atomic E-state index is 12.3. The normalized spacial score (nSPS) is 10.0. The average Bonchev–Trinajstić information content (AvgIpc) is 2.16. The number of carbonyl (C=O) groups is 1. The van der Waals surface area contributed by atoms with Gasteiger partial charge in [0.1, 0.15) is 13.3 Å². The van der Waals surface area contributed by atoms with Gasteiger partial charge in [0.25, 0.3) is 0 Å². The Bertz CT molecular complexity index is 325. The van der Waals surface area contributed by atoms with Crippen molar-refractivity contribution >= 4 is 5.91 Å². The molecule has 0 unspecified atom stereocenters. The summed E-state index contributed by atoms with van der Waals surface area (Å²) in [5, 5.41) is 0. The Morgan fingerprint density at radius 3 is 2.46 bits per heavy atom. The molecular weight excluding hydrogens is 176 g/mol. The maximum Gasteiger partial charge on any atom is 0.249 e. The Labute approximate surface area is 74.4 Å². The van der Waals surface area contributed by atoms with Crippen LogP contribution in [0.15, 0.2) is 18.2 Å². The predicted octanol–water partition coefficient (Wildman–Crippen LogP) is 1.72. The predicted molar refractivity (Wildman–Crippen MR) is 44.6 cm³/mol. The van der Waals surface area contributed by atoms with Gasteiger partial charge in [-0.25, -0.2) is 8.78 Å². The monoisotopic (exact) mass is 185 g/mol. The molecule has 1 rings (SSSR count). The van der Waals surface area contributed by atoms with E-state index in [1.165, 1.54) is 18.2 Å². The third kappa shape index (κ3) is 2.02. The zero-order valence-electron chi connectivity index (χ0n) is 6.89. The minimum atomic E-state index is -0.813. The van der Waals surface area contributed by atoms with Crippen molar-refractivity contribution in [3.63, 3.8) is 0 Å². The molecule has 0 aliphatic heterocycles. The van der Waals surface area contributed by atoms with Crippen molar-refractivity contribution in [1.29, 1.82) is 0 Å². The number of primary amides is 1. The molecule has 0 bridgehead atoms. The fourth-order valence-electron chi connectivity index (χ4n) is 1.08. The van der Waals surface area contributed by atoms with Gasteiger partial charge in [0.05, 0.1) is 0 Å². The van der Waals surface area contributed by atoms with E-state index in [1.807, 2.05) is 0 Å². The molecule has 2 N–H and O–H groups in total. The summed E-state index contributed by atoms with van der Waals surface area (Å²) < 4.78 is 24.5. The summed E-state index contributed by atoms with van der Waals surface area (Å²) in [6.45, 7) is -1.49. The summed E-state index contributed by atoms with van der Waals surface area (Å²) in [7, 11) is 0. The van der Waals surface area contributed by atoms with Crippen molar-refractivity contribution in [2.24, 2.45) is 5.73 Å². The van der Waals surface area contributed by atoms with E-state index in [4.69, 9.17) is 5.73 Å². The van der Waals surface area contributed by atoms with E-state index in [0.717, 1.165) is 0 Å². The van der Waals surface area contributed by atoms with Crippen LogP contribution >= 0.6 is 0 Å². The maximum absolute atomic E-state index is 12.3. The lowest BCUT2D eigenvalue weighted by molar-refractivity contribution is 0.0998. The summed E-state index contributed by atoms with van der Waals surface area (Å²) in [5.41, 5.74) is 5.58. The molecule has 4 heteroatoms. The first-order valence-electron chi connectivity index (χ1n) is 3.72. The Morgan fingerprint density at radius 2 is 2.00 bits per heavy atom. The highest BCUT2D eigenvalue weighted by Crippen LogP contribution is 2.13. The molecule has 2 nitrogen and oxygen atoms in total. The van der Waals surface area contributed by atoms with Gasteiger partial charge in [0, 0.05) is 5.56 Å². The van der Waals surface area contributed by atoms with Gasteiger partial charge in [-0.2, -0.15) is 0 Å². The summed E-state index contributed by atoms with van der Waals surface area (Å²) in [5.74, 6) is -0.696. The molecule has 70 valence electrons. The summed E-state index contributed by atoms with van der Waals surface area (Å²) in [6, 6.07) is 4.06. The number of benzene rings is 1. The lowest BCUT2D eigenvalue weighted by atomic mass is 10.0. The largest absolute Gasteiger partial charge is 0.366 e. The van der Waals surface area contributed by atoms with Crippen LogP contribution in [0, 0.1) is 0 Å². The number of hydrogen-bond acceptors (Lipinski definition) is 1. The molecule has 0 aromatic heterocycles. The quantitative estimate of drug-likeness (QED) is 0.765. The highest BCUT2D eigenvalue weighted by molar-refractivity contribution is 5.94. The van der Waals surface area contributed by atoms with E-state index in [9.17, 15) is 13.6 Å². The van der Waals surface area contributed by atoms with Gasteiger partial charge >= 0.3 is 0 Å². The fraction of sp³-hybridized carbons (Fsp3) is 0.222. The molecule has 0 heterocycles. The lowest BCUT2D eigenvalue weighted by Gasteiger charge is -2.03. The van der Waals surface area contributed by atoms with Crippen LogP contribution < -0.4 is 5.73 Å². The van der Waals surface area contributed by atoms with Gasteiger partial charge in [-0.3, -0.25) is 4.79 Å². The molecule has 1 aromatic rings. The van der Waals surface area contributed by atoms with E-state index in [2.05, 4.69) is 0 Å². The number of carbonyl (C=O) groups excluding carboxylic acids is 1. The second-order valence-electron chi connectivity index (χ2n) is 2.62. The number of rotatable bonds is 3. The summed E-state index contributed by atoms with van der Waals surface area (Å²) >= 11 is 0. The van der Waals surface area contributed by atoms with Crippen LogP contribution in [0.25, 0.3) is 0 Å². The molecule has 0 aliphatic rings. The van der Waals surface area contributed by atoms with Gasteiger partial charge in [-0.1, -0.05) is 6.07 Å². The molecule has 0 atom stereocenters. The first-order chi connectivity index (χ1) is 6.19. The van der Waals surface area contributed by atoms with Crippen LogP contribution in [0.2, 0.25) is 0 Å². The molecule has 13 heavy (non-hydrogen) atoms. The molecule has 0 fully saturated rings. The van der Waals surface area contributed by atoms with Crippen molar-refractivity contribution in [1.82, 2.24) is 0 Å². The summed E-state index contributed by atoms with van der Waals surface area (Å²) in [6.07, 6.45) is 0. The van der Waals surface area contributed by atoms with Crippen LogP contribution in [-0.4, -0.2) is 5.91 Å². The number of hydrogen-bond donors (Lipinski definition) is 1. The van der Waals surface area contributed by atoms with Crippen molar-refractivity contribution in [2.45, 2.75) is 13.3 Å². The van der Waals surface area contributed by atoms with Crippen LogP contribution in [0.1, 0.15) is 21.5 Å².